The fourth-order valence-electron chi connectivity index (χ4n) is 2.56. The number of rotatable bonds is 9. The summed E-state index contributed by atoms with van der Waals surface area (Å²) < 4.78 is 0. The highest BCUT2D eigenvalue weighted by Crippen LogP contribution is 2.10. The molecule has 1 amide bonds. The lowest BCUT2D eigenvalue weighted by Crippen LogP contribution is -2.49. The Balaban J connectivity index is 2.04. The van der Waals surface area contributed by atoms with Crippen LogP contribution < -0.4 is 0 Å². The molecule has 0 aliphatic carbocycles. The molecule has 0 radical (unpaired) electrons. The summed E-state index contributed by atoms with van der Waals surface area (Å²) in [7, 11) is 0. The van der Waals surface area contributed by atoms with Crippen LogP contribution in [0.1, 0.15) is 51.9 Å². The summed E-state index contributed by atoms with van der Waals surface area (Å²) in [5.41, 5.74) is 0. The number of hydrogen-bond donors (Lipinski definition) is 0. The molecule has 112 valence electrons. The van der Waals surface area contributed by atoms with Crippen LogP contribution in [-0.4, -0.2) is 54.3 Å². The molecule has 0 unspecified atom stereocenters. The topological polar surface area (TPSA) is 23.6 Å². The van der Waals surface area contributed by atoms with Crippen molar-refractivity contribution in [1.82, 2.24) is 9.80 Å². The smallest absolute Gasteiger partial charge is 0.222 e. The molecule has 0 N–H and O–H groups in total. The number of unbranched alkanes of at least 4 members (excludes halogenated alkanes) is 5. The normalized spacial score (nSPS) is 16.8. The number of amides is 1. The van der Waals surface area contributed by atoms with Crippen molar-refractivity contribution < 1.29 is 4.79 Å². The summed E-state index contributed by atoms with van der Waals surface area (Å²) in [4.78, 5) is 16.4. The van der Waals surface area contributed by atoms with Gasteiger partial charge < -0.3 is 4.90 Å². The van der Waals surface area contributed by atoms with E-state index in [1.54, 1.807) is 0 Å². The third-order valence-corrected chi connectivity index (χ3v) is 4.04. The van der Waals surface area contributed by atoms with Crippen molar-refractivity contribution in [1.29, 1.82) is 0 Å². The summed E-state index contributed by atoms with van der Waals surface area (Å²) in [6.07, 6.45) is 8.22. The summed E-state index contributed by atoms with van der Waals surface area (Å²) >= 11 is 5.73. The molecule has 19 heavy (non-hydrogen) atoms. The molecule has 1 rings (SSSR count). The lowest BCUT2D eigenvalue weighted by molar-refractivity contribution is -0.133. The van der Waals surface area contributed by atoms with Crippen molar-refractivity contribution in [3.05, 3.63) is 0 Å². The summed E-state index contributed by atoms with van der Waals surface area (Å²) in [6.45, 7) is 6.90. The molecule has 1 heterocycles. The SMILES string of the molecule is CCCCCCCCC(=O)N1CCN(CCCl)CC1. The minimum Gasteiger partial charge on any atom is -0.340 e. The van der Waals surface area contributed by atoms with E-state index >= 15 is 0 Å². The average Bonchev–Trinajstić information content (AvgIpc) is 2.43. The van der Waals surface area contributed by atoms with Crippen LogP contribution in [0.5, 0.6) is 0 Å². The van der Waals surface area contributed by atoms with Gasteiger partial charge in [-0.3, -0.25) is 9.69 Å². The first-order valence-corrected chi connectivity index (χ1v) is 8.37. The highest BCUT2D eigenvalue weighted by molar-refractivity contribution is 6.18. The van der Waals surface area contributed by atoms with Crippen molar-refractivity contribution in [3.8, 4) is 0 Å². The lowest BCUT2D eigenvalue weighted by Gasteiger charge is -2.34. The molecule has 1 aliphatic rings. The first-order chi connectivity index (χ1) is 9.27. The number of carbonyl (C=O) groups excluding carboxylic acids is 1. The fraction of sp³-hybridized carbons (Fsp3) is 0.933. The largest absolute Gasteiger partial charge is 0.340 e. The molecular weight excluding hydrogens is 260 g/mol. The van der Waals surface area contributed by atoms with E-state index in [1.165, 1.54) is 32.1 Å². The van der Waals surface area contributed by atoms with Crippen molar-refractivity contribution in [3.63, 3.8) is 0 Å². The standard InChI is InChI=1S/C15H29ClN2O/c1-2-3-4-5-6-7-8-15(19)18-13-11-17(10-9-16)12-14-18/h2-14H2,1H3. The van der Waals surface area contributed by atoms with Gasteiger partial charge in [-0.1, -0.05) is 39.0 Å². The van der Waals surface area contributed by atoms with Gasteiger partial charge in [-0.15, -0.1) is 11.6 Å². The average molecular weight is 289 g/mol. The Morgan fingerprint density at radius 2 is 1.63 bits per heavy atom. The van der Waals surface area contributed by atoms with E-state index in [-0.39, 0.29) is 0 Å². The summed E-state index contributed by atoms with van der Waals surface area (Å²) in [6, 6.07) is 0. The van der Waals surface area contributed by atoms with E-state index in [9.17, 15) is 4.79 Å². The second kappa shape index (κ2) is 10.5. The molecule has 0 saturated carbocycles. The monoisotopic (exact) mass is 288 g/mol. The Labute approximate surface area is 123 Å². The molecule has 1 fully saturated rings. The Bertz CT molecular complexity index is 240. The van der Waals surface area contributed by atoms with Gasteiger partial charge >= 0.3 is 0 Å². The minimum absolute atomic E-state index is 0.348. The molecular formula is C15H29ClN2O. The van der Waals surface area contributed by atoms with Crippen LogP contribution in [0, 0.1) is 0 Å². The first kappa shape index (κ1) is 16.8. The second-order valence-corrected chi connectivity index (χ2v) is 5.81. The number of hydrogen-bond acceptors (Lipinski definition) is 2. The van der Waals surface area contributed by atoms with Crippen LogP contribution in [0.4, 0.5) is 0 Å². The van der Waals surface area contributed by atoms with Crippen LogP contribution in [-0.2, 0) is 4.79 Å². The van der Waals surface area contributed by atoms with Crippen LogP contribution in [0.3, 0.4) is 0 Å². The molecule has 1 aliphatic heterocycles. The zero-order chi connectivity index (χ0) is 13.9. The van der Waals surface area contributed by atoms with Crippen molar-refractivity contribution in [2.75, 3.05) is 38.6 Å². The van der Waals surface area contributed by atoms with E-state index in [1.807, 2.05) is 4.90 Å². The molecule has 3 nitrogen and oxygen atoms in total. The van der Waals surface area contributed by atoms with Gasteiger partial charge in [0.15, 0.2) is 0 Å². The third kappa shape index (κ3) is 7.17. The Kier molecular flexibility index (Phi) is 9.27. The number of carbonyl (C=O) groups is 1. The van der Waals surface area contributed by atoms with Crippen LogP contribution >= 0.6 is 11.6 Å². The Morgan fingerprint density at radius 1 is 1.00 bits per heavy atom. The number of nitrogens with zero attached hydrogens (tertiary/aromatic N) is 2. The van der Waals surface area contributed by atoms with E-state index in [2.05, 4.69) is 11.8 Å². The van der Waals surface area contributed by atoms with Gasteiger partial charge in [-0.05, 0) is 6.42 Å². The summed E-state index contributed by atoms with van der Waals surface area (Å²) in [5.74, 6) is 1.03. The van der Waals surface area contributed by atoms with Gasteiger partial charge in [0.05, 0.1) is 0 Å². The maximum Gasteiger partial charge on any atom is 0.222 e. The molecule has 0 aromatic rings. The predicted octanol–water partition coefficient (Wildman–Crippen LogP) is 3.12. The molecule has 1 saturated heterocycles. The van der Waals surface area contributed by atoms with Crippen molar-refractivity contribution in [2.45, 2.75) is 51.9 Å². The van der Waals surface area contributed by atoms with Gasteiger partial charge in [-0.25, -0.2) is 0 Å². The van der Waals surface area contributed by atoms with E-state index < -0.39 is 0 Å². The van der Waals surface area contributed by atoms with E-state index in [4.69, 9.17) is 11.6 Å². The molecule has 0 spiro atoms. The first-order valence-electron chi connectivity index (χ1n) is 7.84. The zero-order valence-electron chi connectivity index (χ0n) is 12.4. The van der Waals surface area contributed by atoms with Gasteiger partial charge in [-0.2, -0.15) is 0 Å². The predicted molar refractivity (Wildman–Crippen MR) is 81.7 cm³/mol. The highest BCUT2D eigenvalue weighted by Gasteiger charge is 2.19. The molecule has 0 atom stereocenters. The Hall–Kier alpha value is -0.280. The van der Waals surface area contributed by atoms with Gasteiger partial charge in [0.2, 0.25) is 5.91 Å². The molecule has 0 aromatic carbocycles. The van der Waals surface area contributed by atoms with Gasteiger partial charge in [0.1, 0.15) is 0 Å². The van der Waals surface area contributed by atoms with Crippen molar-refractivity contribution >= 4 is 17.5 Å². The van der Waals surface area contributed by atoms with Gasteiger partial charge in [0, 0.05) is 45.0 Å². The number of halogens is 1. The van der Waals surface area contributed by atoms with Crippen LogP contribution in [0.15, 0.2) is 0 Å². The van der Waals surface area contributed by atoms with Gasteiger partial charge in [0.25, 0.3) is 0 Å². The maximum atomic E-state index is 12.0. The molecule has 0 aromatic heterocycles. The van der Waals surface area contributed by atoms with Crippen LogP contribution in [0.2, 0.25) is 0 Å². The quantitative estimate of drug-likeness (QED) is 0.481. The minimum atomic E-state index is 0.348. The van der Waals surface area contributed by atoms with Crippen LogP contribution in [0.25, 0.3) is 0 Å². The second-order valence-electron chi connectivity index (χ2n) is 5.43. The zero-order valence-corrected chi connectivity index (χ0v) is 13.1. The summed E-state index contributed by atoms with van der Waals surface area (Å²) in [5, 5.41) is 0. The lowest BCUT2D eigenvalue weighted by atomic mass is 10.1. The third-order valence-electron chi connectivity index (χ3n) is 3.87. The number of alkyl halides is 1. The van der Waals surface area contributed by atoms with Crippen molar-refractivity contribution in [2.24, 2.45) is 0 Å². The number of piperazine rings is 1. The Morgan fingerprint density at radius 3 is 2.26 bits per heavy atom. The maximum absolute atomic E-state index is 12.0. The molecule has 4 heteroatoms. The van der Waals surface area contributed by atoms with E-state index in [0.29, 0.717) is 11.8 Å². The van der Waals surface area contributed by atoms with E-state index in [0.717, 1.165) is 45.6 Å². The fourth-order valence-corrected chi connectivity index (χ4v) is 2.79. The molecule has 0 bridgehead atoms. The highest BCUT2D eigenvalue weighted by atomic mass is 35.5.